The van der Waals surface area contributed by atoms with Crippen molar-refractivity contribution in [2.24, 2.45) is 5.92 Å². The number of hydrogen-bond donors (Lipinski definition) is 1. The first-order valence-electron chi connectivity index (χ1n) is 9.87. The summed E-state index contributed by atoms with van der Waals surface area (Å²) in [5, 5.41) is 2.92. The Hall–Kier alpha value is -3.02. The molecular weight excluding hydrogens is 368 g/mol. The van der Waals surface area contributed by atoms with E-state index >= 15 is 0 Å². The Balaban J connectivity index is 1.70. The highest BCUT2D eigenvalue weighted by Gasteiger charge is 2.28. The minimum atomic E-state index is -0.607. The van der Waals surface area contributed by atoms with Crippen molar-refractivity contribution in [3.05, 3.63) is 59.2 Å². The number of fused-ring (bicyclic) bond motifs is 1. The Morgan fingerprint density at radius 3 is 2.45 bits per heavy atom. The minimum Gasteiger partial charge on any atom is -0.486 e. The van der Waals surface area contributed by atoms with Crippen molar-refractivity contribution in [3.8, 4) is 11.5 Å². The number of hydrogen-bond acceptors (Lipinski definition) is 4. The second-order valence-electron chi connectivity index (χ2n) is 7.68. The van der Waals surface area contributed by atoms with Gasteiger partial charge in [0, 0.05) is 19.2 Å². The summed E-state index contributed by atoms with van der Waals surface area (Å²) in [4.78, 5) is 27.4. The van der Waals surface area contributed by atoms with Gasteiger partial charge in [0.1, 0.15) is 19.3 Å². The van der Waals surface area contributed by atoms with E-state index in [4.69, 9.17) is 9.47 Å². The van der Waals surface area contributed by atoms with Crippen molar-refractivity contribution in [1.82, 2.24) is 10.2 Å². The second kappa shape index (κ2) is 8.99. The maximum Gasteiger partial charge on any atom is 0.252 e. The Bertz CT molecular complexity index is 894. The molecule has 1 N–H and O–H groups in total. The fourth-order valence-electron chi connectivity index (χ4n) is 3.34. The number of likely N-dealkylation sites (N-methyl/N-ethyl adjacent to an activating group) is 1. The van der Waals surface area contributed by atoms with Crippen LogP contribution in [0.1, 0.15) is 35.3 Å². The fourth-order valence-corrected chi connectivity index (χ4v) is 3.34. The molecular formula is C23H28N2O4. The first kappa shape index (κ1) is 20.7. The molecule has 0 fully saturated rings. The van der Waals surface area contributed by atoms with Gasteiger partial charge < -0.3 is 19.7 Å². The molecule has 154 valence electrons. The van der Waals surface area contributed by atoms with E-state index in [2.05, 4.69) is 5.32 Å². The summed E-state index contributed by atoms with van der Waals surface area (Å²) < 4.78 is 11.2. The summed E-state index contributed by atoms with van der Waals surface area (Å²) in [5.74, 6) is 1.01. The average molecular weight is 396 g/mol. The van der Waals surface area contributed by atoms with E-state index in [0.717, 1.165) is 16.9 Å². The summed E-state index contributed by atoms with van der Waals surface area (Å²) in [6.45, 7) is 7.22. The van der Waals surface area contributed by atoms with Gasteiger partial charge in [-0.25, -0.2) is 0 Å². The standard InChI is InChI=1S/C23H28N2O4/c1-15(2)21(24-22(26)18-8-6-5-7-16(18)3)23(27)25(4)14-17-9-10-19-20(13-17)29-12-11-28-19/h5-10,13,15,21H,11-12,14H2,1-4H3,(H,24,26). The maximum absolute atomic E-state index is 13.1. The lowest BCUT2D eigenvalue weighted by atomic mass is 10.0. The Kier molecular flexibility index (Phi) is 6.42. The van der Waals surface area contributed by atoms with Crippen LogP contribution in [0.25, 0.3) is 0 Å². The first-order valence-corrected chi connectivity index (χ1v) is 9.87. The molecule has 2 aromatic carbocycles. The number of benzene rings is 2. The highest BCUT2D eigenvalue weighted by Crippen LogP contribution is 2.31. The van der Waals surface area contributed by atoms with Crippen molar-refractivity contribution < 1.29 is 19.1 Å². The molecule has 0 spiro atoms. The van der Waals surface area contributed by atoms with Gasteiger partial charge in [0.15, 0.2) is 11.5 Å². The van der Waals surface area contributed by atoms with Gasteiger partial charge in [0.05, 0.1) is 0 Å². The van der Waals surface area contributed by atoms with E-state index in [-0.39, 0.29) is 17.7 Å². The lowest BCUT2D eigenvalue weighted by Gasteiger charge is -2.28. The van der Waals surface area contributed by atoms with Crippen LogP contribution in [0.4, 0.5) is 0 Å². The lowest BCUT2D eigenvalue weighted by molar-refractivity contribution is -0.133. The third-order valence-electron chi connectivity index (χ3n) is 5.01. The molecule has 0 aliphatic carbocycles. The van der Waals surface area contributed by atoms with Crippen LogP contribution in [-0.4, -0.2) is 43.0 Å². The van der Waals surface area contributed by atoms with E-state index in [1.165, 1.54) is 0 Å². The Morgan fingerprint density at radius 2 is 1.76 bits per heavy atom. The van der Waals surface area contributed by atoms with Gasteiger partial charge in [-0.2, -0.15) is 0 Å². The largest absolute Gasteiger partial charge is 0.486 e. The van der Waals surface area contributed by atoms with E-state index < -0.39 is 6.04 Å². The van der Waals surface area contributed by atoms with E-state index in [0.29, 0.717) is 31.1 Å². The summed E-state index contributed by atoms with van der Waals surface area (Å²) in [6, 6.07) is 12.4. The Morgan fingerprint density at radius 1 is 1.07 bits per heavy atom. The first-order chi connectivity index (χ1) is 13.9. The molecule has 1 atom stereocenters. The minimum absolute atomic E-state index is 0.0433. The predicted octanol–water partition coefficient (Wildman–Crippen LogP) is 3.18. The molecule has 1 aliphatic heterocycles. The molecule has 0 saturated heterocycles. The third-order valence-corrected chi connectivity index (χ3v) is 5.01. The third kappa shape index (κ3) is 4.88. The molecule has 0 bridgehead atoms. The lowest BCUT2D eigenvalue weighted by Crippen LogP contribution is -2.50. The molecule has 2 amide bonds. The summed E-state index contributed by atoms with van der Waals surface area (Å²) >= 11 is 0. The molecule has 0 saturated carbocycles. The monoisotopic (exact) mass is 396 g/mol. The van der Waals surface area contributed by atoms with Gasteiger partial charge in [-0.15, -0.1) is 0 Å². The van der Waals surface area contributed by atoms with Crippen LogP contribution in [0.15, 0.2) is 42.5 Å². The van der Waals surface area contributed by atoms with Crippen molar-refractivity contribution >= 4 is 11.8 Å². The molecule has 6 heteroatoms. The number of amides is 2. The smallest absolute Gasteiger partial charge is 0.252 e. The van der Waals surface area contributed by atoms with Gasteiger partial charge in [-0.05, 0) is 42.2 Å². The van der Waals surface area contributed by atoms with E-state index in [1.807, 2.05) is 57.2 Å². The number of aryl methyl sites for hydroxylation is 1. The van der Waals surface area contributed by atoms with Crippen LogP contribution < -0.4 is 14.8 Å². The predicted molar refractivity (Wildman–Crippen MR) is 111 cm³/mol. The van der Waals surface area contributed by atoms with Gasteiger partial charge in [-0.1, -0.05) is 38.1 Å². The van der Waals surface area contributed by atoms with Crippen molar-refractivity contribution in [3.63, 3.8) is 0 Å². The zero-order valence-electron chi connectivity index (χ0n) is 17.4. The number of rotatable bonds is 6. The summed E-state index contributed by atoms with van der Waals surface area (Å²) in [7, 11) is 1.74. The van der Waals surface area contributed by atoms with Crippen LogP contribution in [-0.2, 0) is 11.3 Å². The van der Waals surface area contributed by atoms with Crippen LogP contribution in [0.3, 0.4) is 0 Å². The van der Waals surface area contributed by atoms with Crippen LogP contribution in [0.2, 0.25) is 0 Å². The van der Waals surface area contributed by atoms with Gasteiger partial charge in [0.25, 0.3) is 5.91 Å². The fraction of sp³-hybridized carbons (Fsp3) is 0.391. The highest BCUT2D eigenvalue weighted by atomic mass is 16.6. The van der Waals surface area contributed by atoms with E-state index in [9.17, 15) is 9.59 Å². The maximum atomic E-state index is 13.1. The second-order valence-corrected chi connectivity index (χ2v) is 7.68. The molecule has 29 heavy (non-hydrogen) atoms. The van der Waals surface area contributed by atoms with Crippen molar-refractivity contribution in [2.75, 3.05) is 20.3 Å². The topological polar surface area (TPSA) is 67.9 Å². The van der Waals surface area contributed by atoms with Gasteiger partial charge >= 0.3 is 0 Å². The van der Waals surface area contributed by atoms with Crippen LogP contribution in [0.5, 0.6) is 11.5 Å². The van der Waals surface area contributed by atoms with Crippen molar-refractivity contribution in [1.29, 1.82) is 0 Å². The normalized spacial score (nSPS) is 13.7. The van der Waals surface area contributed by atoms with Crippen LogP contribution in [0, 0.1) is 12.8 Å². The highest BCUT2D eigenvalue weighted by molar-refractivity contribution is 5.98. The number of ether oxygens (including phenoxy) is 2. The quantitative estimate of drug-likeness (QED) is 0.814. The van der Waals surface area contributed by atoms with Crippen LogP contribution >= 0.6 is 0 Å². The molecule has 0 aromatic heterocycles. The zero-order chi connectivity index (χ0) is 21.0. The summed E-state index contributed by atoms with van der Waals surface area (Å²) in [6.07, 6.45) is 0. The number of nitrogens with zero attached hydrogens (tertiary/aromatic N) is 1. The molecule has 1 unspecified atom stereocenters. The number of nitrogens with one attached hydrogen (secondary N) is 1. The van der Waals surface area contributed by atoms with Gasteiger partial charge in [0.2, 0.25) is 5.91 Å². The van der Waals surface area contributed by atoms with Gasteiger partial charge in [-0.3, -0.25) is 9.59 Å². The molecule has 3 rings (SSSR count). The van der Waals surface area contributed by atoms with Crippen molar-refractivity contribution in [2.45, 2.75) is 33.4 Å². The van der Waals surface area contributed by atoms with E-state index in [1.54, 1.807) is 18.0 Å². The zero-order valence-corrected chi connectivity index (χ0v) is 17.4. The average Bonchev–Trinajstić information content (AvgIpc) is 2.71. The Labute approximate surface area is 171 Å². The molecule has 6 nitrogen and oxygen atoms in total. The summed E-state index contributed by atoms with van der Waals surface area (Å²) in [5.41, 5.74) is 2.41. The molecule has 2 aromatic rings. The number of carbonyl (C=O) groups excluding carboxylic acids is 2. The molecule has 0 radical (unpaired) electrons. The SMILES string of the molecule is Cc1ccccc1C(=O)NC(C(=O)N(C)Cc1ccc2c(c1)OCCO2)C(C)C. The molecule has 1 heterocycles. The molecule has 1 aliphatic rings. The number of carbonyl (C=O) groups is 2.